The van der Waals surface area contributed by atoms with Crippen molar-refractivity contribution in [1.29, 1.82) is 0 Å². The molecule has 0 saturated carbocycles. The Hall–Kier alpha value is -0.710. The maximum absolute atomic E-state index is 10.3. The maximum Gasteiger partial charge on any atom is 0.125 e. The molecule has 4 heteroatoms. The number of ether oxygens (including phenoxy) is 2. The van der Waals surface area contributed by atoms with E-state index in [1.165, 1.54) is 0 Å². The first-order chi connectivity index (χ1) is 8.70. The molecular formula is C14H22O3S. The second-order valence-corrected chi connectivity index (χ2v) is 5.17. The number of methoxy groups -OCH3 is 1. The maximum atomic E-state index is 10.3. The minimum Gasteiger partial charge on any atom is -0.491 e. The van der Waals surface area contributed by atoms with E-state index < -0.39 is 6.10 Å². The molecule has 0 aliphatic heterocycles. The van der Waals surface area contributed by atoms with Gasteiger partial charge in [-0.15, -0.1) is 0 Å². The second-order valence-electron chi connectivity index (χ2n) is 4.26. The van der Waals surface area contributed by atoms with Gasteiger partial charge in [-0.05, 0) is 24.0 Å². The smallest absolute Gasteiger partial charge is 0.125 e. The highest BCUT2D eigenvalue weighted by Gasteiger charge is 2.19. The lowest BCUT2D eigenvalue weighted by Gasteiger charge is -2.21. The zero-order valence-corrected chi connectivity index (χ0v) is 12.1. The van der Waals surface area contributed by atoms with Crippen LogP contribution in [0.3, 0.4) is 0 Å². The predicted octanol–water partition coefficient (Wildman–Crippen LogP) is 2.74. The third-order valence-corrected chi connectivity index (χ3v) is 3.61. The van der Waals surface area contributed by atoms with E-state index in [2.05, 4.69) is 0 Å². The van der Waals surface area contributed by atoms with Crippen molar-refractivity contribution in [3.8, 4) is 5.75 Å². The molecule has 2 atom stereocenters. The van der Waals surface area contributed by atoms with Crippen LogP contribution in [0.25, 0.3) is 0 Å². The summed E-state index contributed by atoms with van der Waals surface area (Å²) in [6, 6.07) is 7.65. The van der Waals surface area contributed by atoms with Crippen LogP contribution in [-0.2, 0) is 4.74 Å². The number of hydrogen-bond acceptors (Lipinski definition) is 4. The highest BCUT2D eigenvalue weighted by atomic mass is 32.2. The first-order valence-electron chi connectivity index (χ1n) is 6.08. The molecule has 0 radical (unpaired) electrons. The van der Waals surface area contributed by atoms with Crippen LogP contribution in [0.5, 0.6) is 5.75 Å². The van der Waals surface area contributed by atoms with E-state index in [-0.39, 0.29) is 5.92 Å². The zero-order chi connectivity index (χ0) is 13.4. The first kappa shape index (κ1) is 15.3. The fourth-order valence-corrected chi connectivity index (χ4v) is 2.46. The molecule has 0 amide bonds. The Bertz CT molecular complexity index is 344. The van der Waals surface area contributed by atoms with Gasteiger partial charge in [0.15, 0.2) is 0 Å². The Kier molecular flexibility index (Phi) is 7.16. The van der Waals surface area contributed by atoms with Gasteiger partial charge in [0.25, 0.3) is 0 Å². The third kappa shape index (κ3) is 4.52. The summed E-state index contributed by atoms with van der Waals surface area (Å²) < 4.78 is 10.6. The SMILES string of the molecule is COCCOc1ccccc1C(O)C(C)CSC. The number of aliphatic hydroxyl groups is 1. The fraction of sp³-hybridized carbons (Fsp3) is 0.571. The summed E-state index contributed by atoms with van der Waals surface area (Å²) in [6.07, 6.45) is 1.56. The van der Waals surface area contributed by atoms with Crippen LogP contribution in [0.15, 0.2) is 24.3 Å². The zero-order valence-electron chi connectivity index (χ0n) is 11.3. The van der Waals surface area contributed by atoms with Crippen molar-refractivity contribution < 1.29 is 14.6 Å². The number of hydrogen-bond donors (Lipinski definition) is 1. The summed E-state index contributed by atoms with van der Waals surface area (Å²) in [7, 11) is 1.64. The van der Waals surface area contributed by atoms with E-state index in [0.29, 0.717) is 13.2 Å². The Morgan fingerprint density at radius 2 is 2.00 bits per heavy atom. The topological polar surface area (TPSA) is 38.7 Å². The van der Waals surface area contributed by atoms with E-state index in [0.717, 1.165) is 17.1 Å². The van der Waals surface area contributed by atoms with Crippen LogP contribution in [0, 0.1) is 5.92 Å². The van der Waals surface area contributed by atoms with Crippen molar-refractivity contribution in [2.24, 2.45) is 5.92 Å². The molecule has 0 aliphatic rings. The molecular weight excluding hydrogens is 248 g/mol. The van der Waals surface area contributed by atoms with Gasteiger partial charge in [-0.2, -0.15) is 11.8 Å². The Morgan fingerprint density at radius 1 is 1.28 bits per heavy atom. The van der Waals surface area contributed by atoms with Gasteiger partial charge >= 0.3 is 0 Å². The summed E-state index contributed by atoms with van der Waals surface area (Å²) in [5.74, 6) is 1.87. The third-order valence-electron chi connectivity index (χ3n) is 2.75. The van der Waals surface area contributed by atoms with E-state index >= 15 is 0 Å². The number of benzene rings is 1. The number of rotatable bonds is 8. The van der Waals surface area contributed by atoms with Gasteiger partial charge < -0.3 is 14.6 Å². The minimum absolute atomic E-state index is 0.201. The van der Waals surface area contributed by atoms with E-state index in [1.807, 2.05) is 37.4 Å². The predicted molar refractivity (Wildman–Crippen MR) is 76.3 cm³/mol. The molecule has 0 spiro atoms. The molecule has 0 fully saturated rings. The molecule has 1 rings (SSSR count). The van der Waals surface area contributed by atoms with Crippen LogP contribution >= 0.6 is 11.8 Å². The lowest BCUT2D eigenvalue weighted by molar-refractivity contribution is 0.117. The summed E-state index contributed by atoms with van der Waals surface area (Å²) in [4.78, 5) is 0. The van der Waals surface area contributed by atoms with Crippen molar-refractivity contribution in [2.75, 3.05) is 32.3 Å². The van der Waals surface area contributed by atoms with Crippen molar-refractivity contribution >= 4 is 11.8 Å². The standard InChI is InChI=1S/C14H22O3S/c1-11(10-18-3)14(15)12-6-4-5-7-13(12)17-9-8-16-2/h4-7,11,14-15H,8-10H2,1-3H3. The van der Waals surface area contributed by atoms with Crippen molar-refractivity contribution in [1.82, 2.24) is 0 Å². The molecule has 0 bridgehead atoms. The summed E-state index contributed by atoms with van der Waals surface area (Å²) in [6.45, 7) is 3.09. The fourth-order valence-electron chi connectivity index (χ4n) is 1.75. The molecule has 1 aromatic rings. The van der Waals surface area contributed by atoms with Crippen LogP contribution in [0.1, 0.15) is 18.6 Å². The molecule has 0 aromatic heterocycles. The normalized spacial score (nSPS) is 14.2. The Balaban J connectivity index is 2.73. The second kappa shape index (κ2) is 8.40. The molecule has 0 heterocycles. The van der Waals surface area contributed by atoms with E-state index in [9.17, 15) is 5.11 Å². The molecule has 0 aliphatic carbocycles. The highest BCUT2D eigenvalue weighted by Crippen LogP contribution is 2.31. The lowest BCUT2D eigenvalue weighted by Crippen LogP contribution is -2.14. The van der Waals surface area contributed by atoms with Gasteiger partial charge in [-0.3, -0.25) is 0 Å². The number of aliphatic hydroxyl groups excluding tert-OH is 1. The molecule has 102 valence electrons. The van der Waals surface area contributed by atoms with Crippen LogP contribution in [0.4, 0.5) is 0 Å². The largest absolute Gasteiger partial charge is 0.491 e. The molecule has 18 heavy (non-hydrogen) atoms. The average molecular weight is 270 g/mol. The lowest BCUT2D eigenvalue weighted by atomic mass is 9.98. The highest BCUT2D eigenvalue weighted by molar-refractivity contribution is 7.98. The van der Waals surface area contributed by atoms with Gasteiger partial charge in [-0.1, -0.05) is 25.1 Å². The number of para-hydroxylation sites is 1. The first-order valence-corrected chi connectivity index (χ1v) is 7.47. The van der Waals surface area contributed by atoms with Crippen LogP contribution < -0.4 is 4.74 Å². The van der Waals surface area contributed by atoms with Gasteiger partial charge in [0.1, 0.15) is 12.4 Å². The van der Waals surface area contributed by atoms with Gasteiger partial charge in [0, 0.05) is 12.7 Å². The summed E-state index contributed by atoms with van der Waals surface area (Å²) in [5.41, 5.74) is 0.857. The molecule has 1 N–H and O–H groups in total. The van der Waals surface area contributed by atoms with Crippen molar-refractivity contribution in [3.63, 3.8) is 0 Å². The molecule has 1 aromatic carbocycles. The summed E-state index contributed by atoms with van der Waals surface area (Å²) in [5, 5.41) is 10.3. The molecule has 2 unspecified atom stereocenters. The Morgan fingerprint density at radius 3 is 2.67 bits per heavy atom. The van der Waals surface area contributed by atoms with E-state index in [1.54, 1.807) is 18.9 Å². The minimum atomic E-state index is -0.490. The Labute approximate surface area is 113 Å². The average Bonchev–Trinajstić information content (AvgIpc) is 2.39. The van der Waals surface area contributed by atoms with Gasteiger partial charge in [0.2, 0.25) is 0 Å². The molecule has 0 saturated heterocycles. The summed E-state index contributed by atoms with van der Waals surface area (Å²) >= 11 is 1.74. The van der Waals surface area contributed by atoms with Crippen molar-refractivity contribution in [3.05, 3.63) is 29.8 Å². The van der Waals surface area contributed by atoms with Gasteiger partial charge in [0.05, 0.1) is 12.7 Å². The van der Waals surface area contributed by atoms with Gasteiger partial charge in [-0.25, -0.2) is 0 Å². The van der Waals surface area contributed by atoms with Crippen molar-refractivity contribution in [2.45, 2.75) is 13.0 Å². The van der Waals surface area contributed by atoms with Crippen LogP contribution in [-0.4, -0.2) is 37.4 Å². The number of thioether (sulfide) groups is 1. The monoisotopic (exact) mass is 270 g/mol. The quantitative estimate of drug-likeness (QED) is 0.737. The van der Waals surface area contributed by atoms with Crippen LogP contribution in [0.2, 0.25) is 0 Å². The van der Waals surface area contributed by atoms with E-state index in [4.69, 9.17) is 9.47 Å². The molecule has 3 nitrogen and oxygen atoms in total.